The van der Waals surface area contributed by atoms with E-state index in [1.807, 2.05) is 30.3 Å². The summed E-state index contributed by atoms with van der Waals surface area (Å²) in [5.74, 6) is -0.0342. The predicted octanol–water partition coefficient (Wildman–Crippen LogP) is 0.953. The summed E-state index contributed by atoms with van der Waals surface area (Å²) in [6, 6.07) is 7.46. The fourth-order valence-corrected chi connectivity index (χ4v) is 2.28. The van der Waals surface area contributed by atoms with Crippen LogP contribution >= 0.6 is 0 Å². The standard InChI is InChI=1S/C14H14N2O3/c17-13-2-1-7-15(13)11-3-5-12(6-4-11)16-8-9-19-10-14(16)18/h1-6H,7-10H2. The normalized spacial score (nSPS) is 19.4. The van der Waals surface area contributed by atoms with Crippen LogP contribution in [-0.2, 0) is 14.3 Å². The zero-order chi connectivity index (χ0) is 13.2. The summed E-state index contributed by atoms with van der Waals surface area (Å²) in [6.45, 7) is 1.87. The molecule has 0 saturated carbocycles. The Labute approximate surface area is 111 Å². The van der Waals surface area contributed by atoms with Crippen molar-refractivity contribution in [2.45, 2.75) is 0 Å². The highest BCUT2D eigenvalue weighted by atomic mass is 16.5. The smallest absolute Gasteiger partial charge is 0.253 e. The van der Waals surface area contributed by atoms with E-state index < -0.39 is 0 Å². The minimum absolute atomic E-state index is 0.00445. The van der Waals surface area contributed by atoms with Crippen molar-refractivity contribution in [2.24, 2.45) is 0 Å². The molecule has 5 nitrogen and oxygen atoms in total. The third kappa shape index (κ3) is 2.24. The van der Waals surface area contributed by atoms with Gasteiger partial charge in [-0.3, -0.25) is 9.59 Å². The fraction of sp³-hybridized carbons (Fsp3) is 0.286. The Bertz CT molecular complexity index is 536. The molecule has 19 heavy (non-hydrogen) atoms. The van der Waals surface area contributed by atoms with E-state index in [0.717, 1.165) is 11.4 Å². The van der Waals surface area contributed by atoms with Crippen molar-refractivity contribution in [3.8, 4) is 0 Å². The summed E-state index contributed by atoms with van der Waals surface area (Å²) < 4.78 is 5.10. The maximum absolute atomic E-state index is 11.7. The molecule has 0 unspecified atom stereocenters. The van der Waals surface area contributed by atoms with Crippen LogP contribution in [0.5, 0.6) is 0 Å². The van der Waals surface area contributed by atoms with Crippen molar-refractivity contribution >= 4 is 23.2 Å². The summed E-state index contributed by atoms with van der Waals surface area (Å²) in [6.07, 6.45) is 3.40. The number of ether oxygens (including phenoxy) is 1. The van der Waals surface area contributed by atoms with E-state index in [2.05, 4.69) is 0 Å². The van der Waals surface area contributed by atoms with Crippen molar-refractivity contribution < 1.29 is 14.3 Å². The molecule has 3 rings (SSSR count). The van der Waals surface area contributed by atoms with Gasteiger partial charge >= 0.3 is 0 Å². The molecular weight excluding hydrogens is 244 g/mol. The Kier molecular flexibility index (Phi) is 3.05. The largest absolute Gasteiger partial charge is 0.370 e. The molecule has 0 atom stereocenters. The maximum Gasteiger partial charge on any atom is 0.253 e. The number of hydrogen-bond donors (Lipinski definition) is 0. The molecule has 1 aromatic rings. The number of morpholine rings is 1. The van der Waals surface area contributed by atoms with Crippen LogP contribution in [0.25, 0.3) is 0 Å². The lowest BCUT2D eigenvalue weighted by molar-refractivity contribution is -0.125. The highest BCUT2D eigenvalue weighted by Gasteiger charge is 2.21. The van der Waals surface area contributed by atoms with Gasteiger partial charge in [0.05, 0.1) is 6.61 Å². The highest BCUT2D eigenvalue weighted by molar-refractivity contribution is 6.04. The molecule has 0 aliphatic carbocycles. The lowest BCUT2D eigenvalue weighted by Crippen LogP contribution is -2.41. The van der Waals surface area contributed by atoms with Gasteiger partial charge in [0.2, 0.25) is 0 Å². The van der Waals surface area contributed by atoms with Gasteiger partial charge in [0, 0.05) is 30.5 Å². The Morgan fingerprint density at radius 3 is 2.26 bits per heavy atom. The molecule has 98 valence electrons. The molecule has 0 N–H and O–H groups in total. The van der Waals surface area contributed by atoms with Crippen LogP contribution < -0.4 is 9.80 Å². The number of rotatable bonds is 2. The molecular formula is C14H14N2O3. The van der Waals surface area contributed by atoms with Gasteiger partial charge in [-0.1, -0.05) is 6.08 Å². The van der Waals surface area contributed by atoms with Crippen LogP contribution in [0.4, 0.5) is 11.4 Å². The first-order valence-corrected chi connectivity index (χ1v) is 6.22. The number of anilines is 2. The minimum atomic E-state index is -0.0297. The molecule has 2 aliphatic heterocycles. The molecule has 1 aromatic carbocycles. The van der Waals surface area contributed by atoms with Crippen molar-refractivity contribution in [3.63, 3.8) is 0 Å². The number of hydrogen-bond acceptors (Lipinski definition) is 3. The summed E-state index contributed by atoms with van der Waals surface area (Å²) in [5, 5.41) is 0. The number of carbonyl (C=O) groups excluding carboxylic acids is 2. The average molecular weight is 258 g/mol. The van der Waals surface area contributed by atoms with Crippen LogP contribution in [0, 0.1) is 0 Å². The molecule has 2 amide bonds. The molecule has 2 heterocycles. The number of nitrogens with zero attached hydrogens (tertiary/aromatic N) is 2. The first-order chi connectivity index (χ1) is 9.25. The molecule has 0 aromatic heterocycles. The minimum Gasteiger partial charge on any atom is -0.370 e. The van der Waals surface area contributed by atoms with E-state index in [1.54, 1.807) is 15.9 Å². The number of amides is 2. The van der Waals surface area contributed by atoms with Gasteiger partial charge in [-0.05, 0) is 24.3 Å². The van der Waals surface area contributed by atoms with Gasteiger partial charge in [-0.2, -0.15) is 0 Å². The summed E-state index contributed by atoms with van der Waals surface area (Å²) in [5.41, 5.74) is 1.69. The molecule has 1 saturated heterocycles. The monoisotopic (exact) mass is 258 g/mol. The van der Waals surface area contributed by atoms with Crippen molar-refractivity contribution in [1.82, 2.24) is 0 Å². The van der Waals surface area contributed by atoms with E-state index >= 15 is 0 Å². The van der Waals surface area contributed by atoms with Gasteiger partial charge in [0.25, 0.3) is 11.8 Å². The lowest BCUT2D eigenvalue weighted by Gasteiger charge is -2.27. The van der Waals surface area contributed by atoms with Crippen LogP contribution in [0.15, 0.2) is 36.4 Å². The Morgan fingerprint density at radius 2 is 1.68 bits per heavy atom. The van der Waals surface area contributed by atoms with E-state index in [-0.39, 0.29) is 18.4 Å². The van der Waals surface area contributed by atoms with E-state index in [4.69, 9.17) is 4.74 Å². The third-order valence-corrected chi connectivity index (χ3v) is 3.27. The average Bonchev–Trinajstić information content (AvgIpc) is 2.86. The Hall–Kier alpha value is -2.14. The summed E-state index contributed by atoms with van der Waals surface area (Å²) in [7, 11) is 0. The van der Waals surface area contributed by atoms with Crippen molar-refractivity contribution in [3.05, 3.63) is 36.4 Å². The maximum atomic E-state index is 11.7. The zero-order valence-corrected chi connectivity index (χ0v) is 10.4. The molecule has 0 radical (unpaired) electrons. The number of benzene rings is 1. The van der Waals surface area contributed by atoms with Crippen molar-refractivity contribution in [1.29, 1.82) is 0 Å². The fourth-order valence-electron chi connectivity index (χ4n) is 2.28. The second-order valence-electron chi connectivity index (χ2n) is 4.47. The van der Waals surface area contributed by atoms with Gasteiger partial charge in [0.15, 0.2) is 0 Å². The first-order valence-electron chi connectivity index (χ1n) is 6.22. The van der Waals surface area contributed by atoms with Gasteiger partial charge < -0.3 is 14.5 Å². The highest BCUT2D eigenvalue weighted by Crippen LogP contribution is 2.23. The number of carbonyl (C=O) groups is 2. The van der Waals surface area contributed by atoms with Gasteiger partial charge in [-0.25, -0.2) is 0 Å². The van der Waals surface area contributed by atoms with Crippen molar-refractivity contribution in [2.75, 3.05) is 36.1 Å². The Balaban J connectivity index is 1.79. The van der Waals surface area contributed by atoms with Gasteiger partial charge in [-0.15, -0.1) is 0 Å². The Morgan fingerprint density at radius 1 is 1.00 bits per heavy atom. The molecule has 2 aliphatic rings. The van der Waals surface area contributed by atoms with Crippen LogP contribution in [0.1, 0.15) is 0 Å². The summed E-state index contributed by atoms with van der Waals surface area (Å²) in [4.78, 5) is 26.7. The first kappa shape index (κ1) is 11.9. The quantitative estimate of drug-likeness (QED) is 0.793. The summed E-state index contributed by atoms with van der Waals surface area (Å²) >= 11 is 0. The van der Waals surface area contributed by atoms with E-state index in [0.29, 0.717) is 19.7 Å². The predicted molar refractivity (Wildman–Crippen MR) is 71.1 cm³/mol. The molecule has 1 fully saturated rings. The van der Waals surface area contributed by atoms with Crippen LogP contribution in [0.3, 0.4) is 0 Å². The zero-order valence-electron chi connectivity index (χ0n) is 10.4. The topological polar surface area (TPSA) is 49.9 Å². The second kappa shape index (κ2) is 4.85. The van der Waals surface area contributed by atoms with Crippen LogP contribution in [-0.4, -0.2) is 38.1 Å². The van der Waals surface area contributed by atoms with Crippen LogP contribution in [0.2, 0.25) is 0 Å². The lowest BCUT2D eigenvalue weighted by atomic mass is 10.2. The molecule has 5 heteroatoms. The molecule has 0 bridgehead atoms. The van der Waals surface area contributed by atoms with E-state index in [9.17, 15) is 9.59 Å². The second-order valence-corrected chi connectivity index (χ2v) is 4.47. The van der Waals surface area contributed by atoms with Gasteiger partial charge in [0.1, 0.15) is 6.61 Å². The third-order valence-electron chi connectivity index (χ3n) is 3.27. The van der Waals surface area contributed by atoms with E-state index in [1.165, 1.54) is 0 Å². The molecule has 0 spiro atoms. The SMILES string of the molecule is O=C1C=CCN1c1ccc(N2CCOCC2=O)cc1.